The van der Waals surface area contributed by atoms with Crippen molar-refractivity contribution in [2.45, 2.75) is 50.8 Å². The van der Waals surface area contributed by atoms with E-state index in [2.05, 4.69) is 0 Å². The van der Waals surface area contributed by atoms with Gasteiger partial charge in [-0.3, -0.25) is 4.57 Å². The van der Waals surface area contributed by atoms with Crippen LogP contribution in [0, 0.1) is 0 Å². The number of aromatic nitrogens is 2. The molecule has 0 spiro atoms. The second-order valence-electron chi connectivity index (χ2n) is 11.5. The molecule has 250 valence electrons. The third-order valence-electron chi connectivity index (χ3n) is 8.37. The summed E-state index contributed by atoms with van der Waals surface area (Å²) in [5, 5.41) is 0. The second kappa shape index (κ2) is 16.5. The molecule has 48 heavy (non-hydrogen) atoms. The molecule has 0 fully saturated rings. The van der Waals surface area contributed by atoms with Crippen LogP contribution in [0.3, 0.4) is 0 Å². The van der Waals surface area contributed by atoms with Crippen LogP contribution in [-0.4, -0.2) is 42.6 Å². The van der Waals surface area contributed by atoms with Crippen molar-refractivity contribution in [1.82, 2.24) is 9.55 Å². The first kappa shape index (κ1) is 34.0. The fourth-order valence-electron chi connectivity index (χ4n) is 5.86. The third kappa shape index (κ3) is 8.20. The van der Waals surface area contributed by atoms with Gasteiger partial charge in [-0.05, 0) is 22.3 Å². The number of ether oxygens (including phenoxy) is 4. The summed E-state index contributed by atoms with van der Waals surface area (Å²) in [6, 6.07) is 39.5. The number of hydrogen-bond donors (Lipinski definition) is 0. The van der Waals surface area contributed by atoms with Gasteiger partial charge in [0, 0.05) is 20.4 Å². The van der Waals surface area contributed by atoms with Gasteiger partial charge in [0.15, 0.2) is 5.44 Å². The van der Waals surface area contributed by atoms with E-state index in [1.54, 1.807) is 6.20 Å². The van der Waals surface area contributed by atoms with Crippen LogP contribution in [0.1, 0.15) is 40.2 Å². The van der Waals surface area contributed by atoms with Gasteiger partial charge in [-0.25, -0.2) is 4.98 Å². The Morgan fingerprint density at radius 1 is 0.604 bits per heavy atom. The van der Waals surface area contributed by atoms with Gasteiger partial charge >= 0.3 is 7.60 Å². The Hall–Kier alpha value is -3.92. The summed E-state index contributed by atoms with van der Waals surface area (Å²) in [4.78, 5) is 4.87. The molecule has 10 heteroatoms. The zero-order chi connectivity index (χ0) is 33.2. The molecule has 6 rings (SSSR count). The Labute approximate surface area is 281 Å². The van der Waals surface area contributed by atoms with Gasteiger partial charge in [0.05, 0.1) is 39.1 Å². The number of rotatable bonds is 16. The van der Waals surface area contributed by atoms with E-state index in [1.165, 1.54) is 14.2 Å². The fourth-order valence-corrected chi connectivity index (χ4v) is 6.87. The van der Waals surface area contributed by atoms with Crippen molar-refractivity contribution in [2.75, 3.05) is 20.8 Å². The smallest absolute Gasteiger partial charge is 0.375 e. The molecule has 0 bridgehead atoms. The van der Waals surface area contributed by atoms with Crippen molar-refractivity contribution in [2.24, 2.45) is 0 Å². The van der Waals surface area contributed by atoms with Crippen molar-refractivity contribution in [3.8, 4) is 0 Å². The predicted molar refractivity (Wildman–Crippen MR) is 183 cm³/mol. The SMILES string of the molecule is COP(=O)(OC)c1cn2c(n1)[C@@H](OCc1ccccc1)[C@@H](OCc1ccccc1)[C@H](OCc1ccccc1)[C@H]2COCc1ccccc1. The van der Waals surface area contributed by atoms with Gasteiger partial charge in [0.1, 0.15) is 24.1 Å². The molecule has 5 aromatic rings. The van der Waals surface area contributed by atoms with Crippen LogP contribution in [0.25, 0.3) is 0 Å². The highest BCUT2D eigenvalue weighted by Crippen LogP contribution is 2.47. The van der Waals surface area contributed by atoms with Crippen molar-refractivity contribution in [1.29, 1.82) is 0 Å². The molecule has 4 atom stereocenters. The van der Waals surface area contributed by atoms with Crippen molar-refractivity contribution < 1.29 is 32.6 Å². The maximum absolute atomic E-state index is 13.7. The molecule has 0 N–H and O–H groups in total. The van der Waals surface area contributed by atoms with Crippen molar-refractivity contribution >= 4 is 13.0 Å². The Morgan fingerprint density at radius 2 is 1.04 bits per heavy atom. The van der Waals surface area contributed by atoms with E-state index in [0.717, 1.165) is 22.3 Å². The maximum Gasteiger partial charge on any atom is 0.380 e. The summed E-state index contributed by atoms with van der Waals surface area (Å²) in [5.41, 5.74) is 4.24. The number of nitrogens with zero attached hydrogens (tertiary/aromatic N) is 2. The number of imidazole rings is 1. The monoisotopic (exact) mass is 668 g/mol. The van der Waals surface area contributed by atoms with Crippen molar-refractivity contribution in [3.05, 3.63) is 156 Å². The van der Waals surface area contributed by atoms with Crippen LogP contribution in [0.4, 0.5) is 0 Å². The summed E-state index contributed by atoms with van der Waals surface area (Å²) in [6.45, 7) is 1.62. The highest BCUT2D eigenvalue weighted by atomic mass is 31.2. The zero-order valence-corrected chi connectivity index (χ0v) is 28.1. The van der Waals surface area contributed by atoms with Crippen molar-refractivity contribution in [3.63, 3.8) is 0 Å². The summed E-state index contributed by atoms with van der Waals surface area (Å²) < 4.78 is 53.0. The van der Waals surface area contributed by atoms with Gasteiger partial charge < -0.3 is 32.6 Å². The lowest BCUT2D eigenvalue weighted by molar-refractivity contribution is -0.188. The molecule has 2 heterocycles. The lowest BCUT2D eigenvalue weighted by Gasteiger charge is -2.42. The molecule has 1 aromatic heterocycles. The second-order valence-corrected chi connectivity index (χ2v) is 13.7. The molecule has 0 radical (unpaired) electrons. The average Bonchev–Trinajstić information content (AvgIpc) is 3.60. The quantitative estimate of drug-likeness (QED) is 0.102. The molecule has 4 aromatic carbocycles. The highest BCUT2D eigenvalue weighted by Gasteiger charge is 2.48. The minimum absolute atomic E-state index is 0.175. The van der Waals surface area contributed by atoms with Gasteiger partial charge in [-0.1, -0.05) is 121 Å². The summed E-state index contributed by atoms with van der Waals surface area (Å²) in [6.07, 6.45) is -0.152. The van der Waals surface area contributed by atoms with E-state index in [1.807, 2.05) is 126 Å². The zero-order valence-electron chi connectivity index (χ0n) is 27.2. The molecular formula is C38H41N2O7P. The Kier molecular flexibility index (Phi) is 11.6. The first-order valence-corrected chi connectivity index (χ1v) is 17.5. The molecule has 9 nitrogen and oxygen atoms in total. The van der Waals surface area contributed by atoms with E-state index in [9.17, 15) is 4.57 Å². The van der Waals surface area contributed by atoms with Crippen LogP contribution in [0.5, 0.6) is 0 Å². The molecule has 1 aliphatic rings. The van der Waals surface area contributed by atoms with Crippen LogP contribution < -0.4 is 5.44 Å². The number of benzene rings is 4. The van der Waals surface area contributed by atoms with E-state index in [4.69, 9.17) is 33.0 Å². The van der Waals surface area contributed by atoms with Gasteiger partial charge in [0.25, 0.3) is 0 Å². The molecule has 0 unspecified atom stereocenters. The van der Waals surface area contributed by atoms with E-state index in [0.29, 0.717) is 32.3 Å². The largest absolute Gasteiger partial charge is 0.380 e. The lowest BCUT2D eigenvalue weighted by atomic mass is 9.95. The topological polar surface area (TPSA) is 90.3 Å². The highest BCUT2D eigenvalue weighted by molar-refractivity contribution is 7.61. The molecule has 0 saturated carbocycles. The lowest BCUT2D eigenvalue weighted by Crippen LogP contribution is -2.50. The minimum atomic E-state index is -3.72. The molecular weight excluding hydrogens is 627 g/mol. The van der Waals surface area contributed by atoms with E-state index < -0.39 is 31.9 Å². The summed E-state index contributed by atoms with van der Waals surface area (Å²) in [5.74, 6) is 0.529. The number of fused-ring (bicyclic) bond motifs is 1. The molecule has 1 aliphatic heterocycles. The van der Waals surface area contributed by atoms with Gasteiger partial charge in [-0.2, -0.15) is 0 Å². The first-order chi connectivity index (χ1) is 23.6. The summed E-state index contributed by atoms with van der Waals surface area (Å²) in [7, 11) is -1.02. The average molecular weight is 669 g/mol. The molecule has 0 amide bonds. The normalized spacial score (nSPS) is 19.2. The Bertz CT molecular complexity index is 1730. The maximum atomic E-state index is 13.7. The molecule has 0 aliphatic carbocycles. The van der Waals surface area contributed by atoms with Crippen LogP contribution in [0.2, 0.25) is 0 Å². The Morgan fingerprint density at radius 3 is 1.52 bits per heavy atom. The van der Waals surface area contributed by atoms with Crippen LogP contribution >= 0.6 is 7.60 Å². The van der Waals surface area contributed by atoms with Crippen LogP contribution in [-0.2, 0) is 59.0 Å². The number of hydrogen-bond acceptors (Lipinski definition) is 8. The predicted octanol–water partition coefficient (Wildman–Crippen LogP) is 7.19. The fraction of sp³-hybridized carbons (Fsp3) is 0.289. The van der Waals surface area contributed by atoms with E-state index >= 15 is 0 Å². The van der Waals surface area contributed by atoms with Gasteiger partial charge in [0.2, 0.25) is 0 Å². The van der Waals surface area contributed by atoms with Gasteiger partial charge in [-0.15, -0.1) is 0 Å². The third-order valence-corrected chi connectivity index (χ3v) is 10.1. The minimum Gasteiger partial charge on any atom is -0.375 e. The van der Waals surface area contributed by atoms with E-state index in [-0.39, 0.29) is 12.0 Å². The summed E-state index contributed by atoms with van der Waals surface area (Å²) >= 11 is 0. The first-order valence-electron chi connectivity index (χ1n) is 16.0. The Balaban J connectivity index is 1.41. The van der Waals surface area contributed by atoms with Crippen LogP contribution in [0.15, 0.2) is 128 Å². The molecule has 0 saturated heterocycles. The standard InChI is InChI=1S/C38H41N2O7P/c1-42-48(41,43-2)34-23-40-33(28-44-24-29-15-7-3-8-16-29)35(45-25-30-17-9-4-10-18-30)36(46-26-31-19-11-5-12-20-31)37(38(40)39-34)47-27-32-21-13-6-14-22-32/h3-23,33,35-37H,24-28H2,1-2H3/t33-,35-,36+,37+/m1/s1.